The van der Waals surface area contributed by atoms with Gasteiger partial charge in [0.05, 0.1) is 12.6 Å². The van der Waals surface area contributed by atoms with Gasteiger partial charge in [0.2, 0.25) is 5.91 Å². The van der Waals surface area contributed by atoms with Gasteiger partial charge in [-0.15, -0.1) is 0 Å². The Kier molecular flexibility index (Phi) is 5.13. The van der Waals surface area contributed by atoms with Crippen molar-refractivity contribution >= 4 is 5.91 Å². The summed E-state index contributed by atoms with van der Waals surface area (Å²) >= 11 is 0. The van der Waals surface area contributed by atoms with E-state index < -0.39 is 5.60 Å². The Morgan fingerprint density at radius 1 is 1.56 bits per heavy atom. The number of ether oxygens (including phenoxy) is 1. The minimum Gasteiger partial charge on any atom is -0.386 e. The fraction of sp³-hybridized carbons (Fsp3) is 0.923. The Labute approximate surface area is 109 Å². The highest BCUT2D eigenvalue weighted by Gasteiger charge is 2.39. The SMILES string of the molecule is CCC(C)(C)NC(=O)CNCC1(O)CCOC1C. The molecule has 1 amide bonds. The highest BCUT2D eigenvalue weighted by Crippen LogP contribution is 2.24. The molecule has 0 aromatic carbocycles. The van der Waals surface area contributed by atoms with E-state index in [1.807, 2.05) is 27.7 Å². The lowest BCUT2D eigenvalue weighted by Gasteiger charge is -2.27. The minimum atomic E-state index is -0.847. The second kappa shape index (κ2) is 5.99. The van der Waals surface area contributed by atoms with Crippen LogP contribution in [0.2, 0.25) is 0 Å². The van der Waals surface area contributed by atoms with E-state index in [2.05, 4.69) is 10.6 Å². The van der Waals surface area contributed by atoms with Gasteiger partial charge in [0.15, 0.2) is 0 Å². The summed E-state index contributed by atoms with van der Waals surface area (Å²) in [5.41, 5.74) is -1.03. The summed E-state index contributed by atoms with van der Waals surface area (Å²) in [4.78, 5) is 11.7. The van der Waals surface area contributed by atoms with Crippen LogP contribution in [0.4, 0.5) is 0 Å². The maximum atomic E-state index is 11.7. The zero-order valence-corrected chi connectivity index (χ0v) is 11.9. The van der Waals surface area contributed by atoms with Gasteiger partial charge in [-0.1, -0.05) is 6.92 Å². The zero-order valence-electron chi connectivity index (χ0n) is 11.9. The molecule has 5 nitrogen and oxygen atoms in total. The van der Waals surface area contributed by atoms with Gasteiger partial charge < -0.3 is 20.5 Å². The highest BCUT2D eigenvalue weighted by atomic mass is 16.5. The molecule has 1 heterocycles. The van der Waals surface area contributed by atoms with Crippen LogP contribution >= 0.6 is 0 Å². The van der Waals surface area contributed by atoms with E-state index in [1.54, 1.807) is 0 Å². The molecule has 2 unspecified atom stereocenters. The normalized spacial score (nSPS) is 28.4. The zero-order chi connectivity index (χ0) is 13.8. The lowest BCUT2D eigenvalue weighted by atomic mass is 9.97. The topological polar surface area (TPSA) is 70.6 Å². The first-order valence-electron chi connectivity index (χ1n) is 6.65. The van der Waals surface area contributed by atoms with Crippen molar-refractivity contribution in [3.63, 3.8) is 0 Å². The molecule has 1 saturated heterocycles. The number of nitrogens with one attached hydrogen (secondary N) is 2. The van der Waals surface area contributed by atoms with Gasteiger partial charge in [0.1, 0.15) is 5.60 Å². The van der Waals surface area contributed by atoms with Crippen LogP contribution in [0.15, 0.2) is 0 Å². The number of carbonyl (C=O) groups is 1. The quantitative estimate of drug-likeness (QED) is 0.646. The van der Waals surface area contributed by atoms with Crippen LogP contribution in [-0.2, 0) is 9.53 Å². The Morgan fingerprint density at radius 2 is 2.22 bits per heavy atom. The van der Waals surface area contributed by atoms with Gasteiger partial charge in [-0.05, 0) is 27.2 Å². The van der Waals surface area contributed by atoms with Crippen molar-refractivity contribution in [3.05, 3.63) is 0 Å². The molecule has 0 bridgehead atoms. The molecule has 1 aliphatic heterocycles. The van der Waals surface area contributed by atoms with E-state index in [1.165, 1.54) is 0 Å². The van der Waals surface area contributed by atoms with E-state index in [0.717, 1.165) is 6.42 Å². The average molecular weight is 258 g/mol. The van der Waals surface area contributed by atoms with Crippen LogP contribution in [0.1, 0.15) is 40.5 Å². The first kappa shape index (κ1) is 15.4. The van der Waals surface area contributed by atoms with Gasteiger partial charge in [-0.3, -0.25) is 4.79 Å². The fourth-order valence-electron chi connectivity index (χ4n) is 1.91. The van der Waals surface area contributed by atoms with Gasteiger partial charge in [-0.25, -0.2) is 0 Å². The summed E-state index contributed by atoms with van der Waals surface area (Å²) in [6, 6.07) is 0. The maximum Gasteiger partial charge on any atom is 0.234 e. The number of hydrogen-bond donors (Lipinski definition) is 3. The maximum absolute atomic E-state index is 11.7. The van der Waals surface area contributed by atoms with Gasteiger partial charge >= 0.3 is 0 Å². The molecule has 1 fully saturated rings. The lowest BCUT2D eigenvalue weighted by molar-refractivity contribution is -0.122. The predicted octanol–water partition coefficient (Wildman–Crippen LogP) is 0.421. The van der Waals surface area contributed by atoms with Crippen LogP contribution in [0.5, 0.6) is 0 Å². The molecule has 0 aromatic heterocycles. The molecule has 2 atom stereocenters. The summed E-state index contributed by atoms with van der Waals surface area (Å²) in [5.74, 6) is -0.0444. The van der Waals surface area contributed by atoms with Crippen molar-refractivity contribution in [2.75, 3.05) is 19.7 Å². The van der Waals surface area contributed by atoms with E-state index in [0.29, 0.717) is 19.6 Å². The smallest absolute Gasteiger partial charge is 0.234 e. The third-order valence-electron chi connectivity index (χ3n) is 3.74. The first-order chi connectivity index (χ1) is 8.29. The molecule has 0 saturated carbocycles. The average Bonchev–Trinajstić information content (AvgIpc) is 2.59. The molecule has 18 heavy (non-hydrogen) atoms. The molecule has 0 aromatic rings. The van der Waals surface area contributed by atoms with Crippen LogP contribution < -0.4 is 10.6 Å². The van der Waals surface area contributed by atoms with Crippen molar-refractivity contribution in [3.8, 4) is 0 Å². The summed E-state index contributed by atoms with van der Waals surface area (Å²) in [6.45, 7) is 9.06. The molecular formula is C13H26N2O3. The van der Waals surface area contributed by atoms with Crippen molar-refractivity contribution < 1.29 is 14.6 Å². The van der Waals surface area contributed by atoms with Crippen LogP contribution in [0.3, 0.4) is 0 Å². The van der Waals surface area contributed by atoms with Gasteiger partial charge in [0.25, 0.3) is 0 Å². The molecule has 0 spiro atoms. The molecular weight excluding hydrogens is 232 g/mol. The molecule has 1 rings (SSSR count). The van der Waals surface area contributed by atoms with Crippen LogP contribution in [0, 0.1) is 0 Å². The molecule has 106 valence electrons. The third kappa shape index (κ3) is 4.23. The molecule has 0 radical (unpaired) electrons. The molecule has 5 heteroatoms. The van der Waals surface area contributed by atoms with Crippen molar-refractivity contribution in [2.45, 2.75) is 57.8 Å². The second-order valence-electron chi connectivity index (χ2n) is 5.76. The lowest BCUT2D eigenvalue weighted by Crippen LogP contribution is -2.50. The van der Waals surface area contributed by atoms with E-state index >= 15 is 0 Å². The van der Waals surface area contributed by atoms with E-state index in [9.17, 15) is 9.90 Å². The highest BCUT2D eigenvalue weighted by molar-refractivity contribution is 5.78. The number of hydrogen-bond acceptors (Lipinski definition) is 4. The Morgan fingerprint density at radius 3 is 2.72 bits per heavy atom. The first-order valence-corrected chi connectivity index (χ1v) is 6.65. The number of aliphatic hydroxyl groups is 1. The Bertz CT molecular complexity index is 294. The largest absolute Gasteiger partial charge is 0.386 e. The van der Waals surface area contributed by atoms with E-state index in [-0.39, 0.29) is 24.1 Å². The molecule has 3 N–H and O–H groups in total. The van der Waals surface area contributed by atoms with Crippen LogP contribution in [0.25, 0.3) is 0 Å². The predicted molar refractivity (Wildman–Crippen MR) is 70.4 cm³/mol. The monoisotopic (exact) mass is 258 g/mol. The summed E-state index contributed by atoms with van der Waals surface area (Å²) in [7, 11) is 0. The standard InChI is InChI=1S/C13H26N2O3/c1-5-12(3,4)15-11(16)8-14-9-13(17)6-7-18-10(13)2/h10,14,17H,5-9H2,1-4H3,(H,15,16). The fourth-order valence-corrected chi connectivity index (χ4v) is 1.91. The Balaban J connectivity index is 2.27. The van der Waals surface area contributed by atoms with Gasteiger partial charge in [-0.2, -0.15) is 0 Å². The summed E-state index contributed by atoms with van der Waals surface area (Å²) < 4.78 is 5.33. The van der Waals surface area contributed by atoms with E-state index in [4.69, 9.17) is 4.74 Å². The molecule has 1 aliphatic rings. The molecule has 0 aliphatic carbocycles. The number of amides is 1. The number of rotatable bonds is 6. The van der Waals surface area contributed by atoms with Crippen LogP contribution in [-0.4, -0.2) is 48.0 Å². The second-order valence-corrected chi connectivity index (χ2v) is 5.76. The Hall–Kier alpha value is -0.650. The summed E-state index contributed by atoms with van der Waals surface area (Å²) in [6.07, 6.45) is 1.32. The summed E-state index contributed by atoms with van der Waals surface area (Å²) in [5, 5.41) is 16.2. The van der Waals surface area contributed by atoms with Crippen molar-refractivity contribution in [2.24, 2.45) is 0 Å². The minimum absolute atomic E-state index is 0.0444. The van der Waals surface area contributed by atoms with Crippen molar-refractivity contribution in [1.29, 1.82) is 0 Å². The number of carbonyl (C=O) groups excluding carboxylic acids is 1. The van der Waals surface area contributed by atoms with Gasteiger partial charge in [0, 0.05) is 25.1 Å². The third-order valence-corrected chi connectivity index (χ3v) is 3.74. The van der Waals surface area contributed by atoms with Crippen molar-refractivity contribution in [1.82, 2.24) is 10.6 Å².